The largest absolute Gasteiger partial charge is 0.326 e. The normalized spacial score (nSPS) is 15.6. The first kappa shape index (κ1) is 23.0. The second kappa shape index (κ2) is 11.1. The minimum absolute atomic E-state index is 0.0523. The van der Waals surface area contributed by atoms with E-state index >= 15 is 0 Å². The summed E-state index contributed by atoms with van der Waals surface area (Å²) in [5.74, 6) is -0.143. The molecule has 0 spiro atoms. The van der Waals surface area contributed by atoms with Crippen LogP contribution in [0.3, 0.4) is 0 Å². The molecular formula is C25H26N2O2S2. The van der Waals surface area contributed by atoms with Crippen molar-refractivity contribution >= 4 is 51.9 Å². The Bertz CT molecular complexity index is 1030. The van der Waals surface area contributed by atoms with Crippen molar-refractivity contribution in [1.29, 1.82) is 0 Å². The zero-order chi connectivity index (χ0) is 22.2. The van der Waals surface area contributed by atoms with Gasteiger partial charge in [0.1, 0.15) is 4.32 Å². The second-order valence-corrected chi connectivity index (χ2v) is 8.97. The third kappa shape index (κ3) is 6.39. The smallest absolute Gasteiger partial charge is 0.266 e. The van der Waals surface area contributed by atoms with Crippen LogP contribution >= 0.6 is 24.0 Å². The molecule has 1 aliphatic rings. The van der Waals surface area contributed by atoms with Gasteiger partial charge >= 0.3 is 0 Å². The van der Waals surface area contributed by atoms with Gasteiger partial charge in [-0.2, -0.15) is 0 Å². The summed E-state index contributed by atoms with van der Waals surface area (Å²) < 4.78 is 0.542. The molecule has 2 aromatic carbocycles. The van der Waals surface area contributed by atoms with Gasteiger partial charge in [0.05, 0.1) is 4.91 Å². The summed E-state index contributed by atoms with van der Waals surface area (Å²) in [4.78, 5) is 27.3. The predicted molar refractivity (Wildman–Crippen MR) is 134 cm³/mol. The van der Waals surface area contributed by atoms with E-state index in [1.807, 2.05) is 73.7 Å². The van der Waals surface area contributed by atoms with E-state index in [2.05, 4.69) is 12.2 Å². The maximum atomic E-state index is 12.8. The van der Waals surface area contributed by atoms with Crippen molar-refractivity contribution in [3.8, 4) is 0 Å². The summed E-state index contributed by atoms with van der Waals surface area (Å²) in [6.45, 7) is 4.47. The Kier molecular flexibility index (Phi) is 8.20. The highest BCUT2D eigenvalue weighted by atomic mass is 32.2. The predicted octanol–water partition coefficient (Wildman–Crippen LogP) is 5.82. The molecule has 160 valence electrons. The van der Waals surface area contributed by atoms with Crippen LogP contribution in [0.5, 0.6) is 0 Å². The quantitative estimate of drug-likeness (QED) is 0.407. The van der Waals surface area contributed by atoms with Crippen LogP contribution in [0.15, 0.2) is 71.2 Å². The number of aryl methyl sites for hydroxylation is 1. The maximum Gasteiger partial charge on any atom is 0.266 e. The minimum Gasteiger partial charge on any atom is -0.326 e. The number of carbonyl (C=O) groups excluding carboxylic acids is 2. The monoisotopic (exact) mass is 450 g/mol. The summed E-state index contributed by atoms with van der Waals surface area (Å²) in [5.41, 5.74) is 4.03. The van der Waals surface area contributed by atoms with Crippen LogP contribution in [0.25, 0.3) is 6.08 Å². The summed E-state index contributed by atoms with van der Waals surface area (Å²) >= 11 is 6.72. The lowest BCUT2D eigenvalue weighted by Crippen LogP contribution is -2.29. The standard InChI is InChI=1S/C25H26N2O2S2/c1-3-20-12-7-8-13-21(20)26-23(28)14-9-15-27-24(29)22(31-25(27)30)17-18(2)16-19-10-5-4-6-11-19/h4-8,10-13,16-17H,3,9,14-15H2,1-2H3,(H,26,28)/b18-16+,22-17+. The topological polar surface area (TPSA) is 49.4 Å². The van der Waals surface area contributed by atoms with E-state index in [-0.39, 0.29) is 11.8 Å². The molecule has 1 N–H and O–H groups in total. The Morgan fingerprint density at radius 2 is 1.84 bits per heavy atom. The highest BCUT2D eigenvalue weighted by Crippen LogP contribution is 2.32. The Balaban J connectivity index is 1.54. The van der Waals surface area contributed by atoms with Crippen molar-refractivity contribution in [2.45, 2.75) is 33.1 Å². The van der Waals surface area contributed by atoms with Crippen LogP contribution in [0, 0.1) is 0 Å². The Morgan fingerprint density at radius 1 is 1.13 bits per heavy atom. The lowest BCUT2D eigenvalue weighted by atomic mass is 10.1. The number of allylic oxidation sites excluding steroid dienone is 2. The Labute approximate surface area is 193 Å². The van der Waals surface area contributed by atoms with Crippen LogP contribution in [0.1, 0.15) is 37.8 Å². The number of hydrogen-bond acceptors (Lipinski definition) is 4. The fourth-order valence-corrected chi connectivity index (χ4v) is 4.67. The number of thioether (sulfide) groups is 1. The molecule has 1 fully saturated rings. The van der Waals surface area contributed by atoms with E-state index in [1.165, 1.54) is 11.8 Å². The van der Waals surface area contributed by atoms with E-state index in [1.54, 1.807) is 4.90 Å². The molecule has 31 heavy (non-hydrogen) atoms. The summed E-state index contributed by atoms with van der Waals surface area (Å²) in [6, 6.07) is 17.8. The molecule has 0 aromatic heterocycles. The van der Waals surface area contributed by atoms with Crippen molar-refractivity contribution in [2.24, 2.45) is 0 Å². The van der Waals surface area contributed by atoms with Crippen LogP contribution < -0.4 is 5.32 Å². The van der Waals surface area contributed by atoms with Crippen molar-refractivity contribution in [3.63, 3.8) is 0 Å². The molecule has 6 heteroatoms. The molecule has 4 nitrogen and oxygen atoms in total. The maximum absolute atomic E-state index is 12.8. The number of thiocarbonyl (C=S) groups is 1. The van der Waals surface area contributed by atoms with E-state index in [9.17, 15) is 9.59 Å². The van der Waals surface area contributed by atoms with E-state index in [0.717, 1.165) is 28.8 Å². The average molecular weight is 451 g/mol. The van der Waals surface area contributed by atoms with Crippen LogP contribution in [-0.2, 0) is 16.0 Å². The molecule has 0 bridgehead atoms. The van der Waals surface area contributed by atoms with Crippen molar-refractivity contribution in [1.82, 2.24) is 4.90 Å². The lowest BCUT2D eigenvalue weighted by molar-refractivity contribution is -0.122. The Hall–Kier alpha value is -2.70. The van der Waals surface area contributed by atoms with Crippen molar-refractivity contribution in [3.05, 3.63) is 82.3 Å². The minimum atomic E-state index is -0.0902. The number of rotatable bonds is 8. The third-order valence-electron chi connectivity index (χ3n) is 4.88. The number of benzene rings is 2. The molecule has 0 atom stereocenters. The zero-order valence-electron chi connectivity index (χ0n) is 17.8. The van der Waals surface area contributed by atoms with Gasteiger partial charge in [0.15, 0.2) is 0 Å². The fourth-order valence-electron chi connectivity index (χ4n) is 3.31. The summed E-state index contributed by atoms with van der Waals surface area (Å²) in [7, 11) is 0. The van der Waals surface area contributed by atoms with E-state index in [4.69, 9.17) is 12.2 Å². The van der Waals surface area contributed by atoms with Crippen molar-refractivity contribution in [2.75, 3.05) is 11.9 Å². The van der Waals surface area contributed by atoms with Gasteiger partial charge in [-0.25, -0.2) is 0 Å². The number of carbonyl (C=O) groups is 2. The van der Waals surface area contributed by atoms with Gasteiger partial charge in [-0.15, -0.1) is 0 Å². The number of nitrogens with zero attached hydrogens (tertiary/aromatic N) is 1. The van der Waals surface area contributed by atoms with Crippen molar-refractivity contribution < 1.29 is 9.59 Å². The number of hydrogen-bond donors (Lipinski definition) is 1. The number of anilines is 1. The van der Waals surface area contributed by atoms with Gasteiger partial charge < -0.3 is 5.32 Å². The van der Waals surface area contributed by atoms with Gasteiger partial charge in [-0.1, -0.05) is 85.5 Å². The fraction of sp³-hybridized carbons (Fsp3) is 0.240. The number of nitrogens with one attached hydrogen (secondary N) is 1. The van der Waals surface area contributed by atoms with Crippen LogP contribution in [0.4, 0.5) is 5.69 Å². The molecule has 1 heterocycles. The van der Waals surface area contributed by atoms with Gasteiger partial charge in [0.2, 0.25) is 5.91 Å². The molecule has 0 unspecified atom stereocenters. The number of amides is 2. The van der Waals surface area contributed by atoms with Gasteiger partial charge in [-0.3, -0.25) is 14.5 Å². The zero-order valence-corrected chi connectivity index (χ0v) is 19.4. The molecule has 2 amide bonds. The molecule has 3 rings (SSSR count). The molecule has 0 radical (unpaired) electrons. The molecule has 0 aliphatic carbocycles. The van der Waals surface area contributed by atoms with Gasteiger partial charge in [0, 0.05) is 18.7 Å². The van der Waals surface area contributed by atoms with E-state index < -0.39 is 0 Å². The molecule has 2 aromatic rings. The van der Waals surface area contributed by atoms with Gasteiger partial charge in [0.25, 0.3) is 5.91 Å². The third-order valence-corrected chi connectivity index (χ3v) is 6.26. The van der Waals surface area contributed by atoms with Crippen LogP contribution in [-0.4, -0.2) is 27.6 Å². The molecule has 0 saturated carbocycles. The summed E-state index contributed by atoms with van der Waals surface area (Å²) in [6.07, 6.45) is 5.66. The molecular weight excluding hydrogens is 424 g/mol. The lowest BCUT2D eigenvalue weighted by Gasteiger charge is -2.14. The molecule has 1 saturated heterocycles. The average Bonchev–Trinajstić information content (AvgIpc) is 3.02. The number of para-hydroxylation sites is 1. The first-order valence-corrected chi connectivity index (χ1v) is 11.6. The van der Waals surface area contributed by atoms with Crippen LogP contribution in [0.2, 0.25) is 0 Å². The first-order valence-electron chi connectivity index (χ1n) is 10.3. The van der Waals surface area contributed by atoms with Gasteiger partial charge in [-0.05, 0) is 48.6 Å². The first-order chi connectivity index (χ1) is 15.0. The highest BCUT2D eigenvalue weighted by Gasteiger charge is 2.31. The van der Waals surface area contributed by atoms with E-state index in [0.29, 0.717) is 28.6 Å². The Morgan fingerprint density at radius 3 is 2.58 bits per heavy atom. The second-order valence-electron chi connectivity index (χ2n) is 7.29. The summed E-state index contributed by atoms with van der Waals surface area (Å²) in [5, 5.41) is 2.97. The highest BCUT2D eigenvalue weighted by molar-refractivity contribution is 8.26. The SMILES string of the molecule is CCc1ccccc1NC(=O)CCCN1C(=O)/C(=C\C(C)=C\c2ccccc2)SC1=S. The molecule has 1 aliphatic heterocycles.